The summed E-state index contributed by atoms with van der Waals surface area (Å²) >= 11 is 0. The molecule has 0 aromatic heterocycles. The van der Waals surface area contributed by atoms with Gasteiger partial charge >= 0.3 is 5.97 Å². The molecule has 1 amide bonds. The van der Waals surface area contributed by atoms with Gasteiger partial charge in [0.2, 0.25) is 5.91 Å². The van der Waals surface area contributed by atoms with Gasteiger partial charge in [0.15, 0.2) is 0 Å². The van der Waals surface area contributed by atoms with E-state index in [-0.39, 0.29) is 18.7 Å². The predicted octanol–water partition coefficient (Wildman–Crippen LogP) is 3.11. The number of carbonyl (C=O) groups excluding carboxylic acids is 1. The first-order valence-corrected chi connectivity index (χ1v) is 8.81. The van der Waals surface area contributed by atoms with Crippen LogP contribution in [0.15, 0.2) is 42.5 Å². The first-order valence-electron chi connectivity index (χ1n) is 8.81. The van der Waals surface area contributed by atoms with Crippen molar-refractivity contribution in [1.29, 1.82) is 0 Å². The van der Waals surface area contributed by atoms with Gasteiger partial charge in [0, 0.05) is 19.0 Å². The molecule has 0 saturated carbocycles. The molecule has 0 radical (unpaired) electrons. The second kappa shape index (κ2) is 10.2. The molecule has 0 aliphatic rings. The minimum absolute atomic E-state index is 0.0192. The lowest BCUT2D eigenvalue weighted by atomic mass is 10.1. The topological polar surface area (TPSA) is 84.9 Å². The van der Waals surface area contributed by atoms with E-state index in [1.807, 2.05) is 43.3 Å². The Hall–Kier alpha value is -3.02. The van der Waals surface area contributed by atoms with Gasteiger partial charge in [-0.05, 0) is 30.5 Å². The summed E-state index contributed by atoms with van der Waals surface area (Å²) < 4.78 is 11.3. The van der Waals surface area contributed by atoms with Crippen LogP contribution in [0.4, 0.5) is 0 Å². The van der Waals surface area contributed by atoms with Crippen molar-refractivity contribution in [3.05, 3.63) is 59.2 Å². The van der Waals surface area contributed by atoms with E-state index in [2.05, 4.69) is 11.4 Å². The normalized spacial score (nSPS) is 10.3. The van der Waals surface area contributed by atoms with Crippen molar-refractivity contribution in [2.75, 3.05) is 13.7 Å². The Balaban J connectivity index is 1.96. The van der Waals surface area contributed by atoms with E-state index >= 15 is 0 Å². The molecule has 0 aliphatic carbocycles. The molecule has 0 saturated heterocycles. The monoisotopic (exact) mass is 371 g/mol. The fraction of sp³-hybridized carbons (Fsp3) is 0.333. The van der Waals surface area contributed by atoms with E-state index in [0.717, 1.165) is 11.1 Å². The van der Waals surface area contributed by atoms with Gasteiger partial charge in [-0.15, -0.1) is 0 Å². The molecule has 2 rings (SSSR count). The lowest BCUT2D eigenvalue weighted by Crippen LogP contribution is -2.26. The fourth-order valence-corrected chi connectivity index (χ4v) is 2.61. The third kappa shape index (κ3) is 7.01. The van der Waals surface area contributed by atoms with Crippen molar-refractivity contribution < 1.29 is 24.2 Å². The first-order chi connectivity index (χ1) is 13.0. The minimum Gasteiger partial charge on any atom is -0.497 e. The zero-order chi connectivity index (χ0) is 19.6. The average Bonchev–Trinajstić information content (AvgIpc) is 2.65. The zero-order valence-corrected chi connectivity index (χ0v) is 15.7. The SMILES string of the molecule is COc1ccc(CCNC(=O)CCC(=O)O)c(OCc2cccc(C)c2)c1. The standard InChI is InChI=1S/C21H25NO5/c1-15-4-3-5-16(12-15)14-27-19-13-18(26-2)7-6-17(19)10-11-22-20(23)8-9-21(24)25/h3-7,12-13H,8-11,14H2,1-2H3,(H,22,23)(H,24,25). The molecule has 27 heavy (non-hydrogen) atoms. The van der Waals surface area contributed by atoms with Gasteiger partial charge in [0.25, 0.3) is 0 Å². The molecule has 0 spiro atoms. The quantitative estimate of drug-likeness (QED) is 0.670. The summed E-state index contributed by atoms with van der Waals surface area (Å²) in [5.74, 6) is 0.152. The molecule has 0 aliphatic heterocycles. The zero-order valence-electron chi connectivity index (χ0n) is 15.7. The molecule has 2 aromatic carbocycles. The molecule has 6 heteroatoms. The number of carboxylic acid groups (broad SMARTS) is 1. The highest BCUT2D eigenvalue weighted by Gasteiger charge is 2.09. The molecule has 0 heterocycles. The molecular formula is C21H25NO5. The van der Waals surface area contributed by atoms with Crippen LogP contribution in [0, 0.1) is 6.92 Å². The number of aryl methyl sites for hydroxylation is 1. The molecule has 2 aromatic rings. The van der Waals surface area contributed by atoms with Crippen LogP contribution in [0.2, 0.25) is 0 Å². The second-order valence-electron chi connectivity index (χ2n) is 6.25. The third-order valence-electron chi connectivity index (χ3n) is 4.03. The maximum absolute atomic E-state index is 11.6. The Labute approximate surface area is 159 Å². The Kier molecular flexibility index (Phi) is 7.67. The van der Waals surface area contributed by atoms with Crippen LogP contribution in [0.25, 0.3) is 0 Å². The maximum atomic E-state index is 11.6. The van der Waals surface area contributed by atoms with Crippen LogP contribution in [0.1, 0.15) is 29.5 Å². The number of benzene rings is 2. The van der Waals surface area contributed by atoms with Gasteiger partial charge in [-0.25, -0.2) is 0 Å². The van der Waals surface area contributed by atoms with Crippen LogP contribution in [-0.2, 0) is 22.6 Å². The highest BCUT2D eigenvalue weighted by Crippen LogP contribution is 2.26. The molecule has 0 atom stereocenters. The molecule has 144 valence electrons. The molecule has 0 bridgehead atoms. The summed E-state index contributed by atoms with van der Waals surface area (Å²) in [7, 11) is 1.60. The summed E-state index contributed by atoms with van der Waals surface area (Å²) in [4.78, 5) is 22.1. The number of carbonyl (C=O) groups is 2. The summed E-state index contributed by atoms with van der Waals surface area (Å²) in [5, 5.41) is 11.3. The van der Waals surface area contributed by atoms with E-state index in [0.29, 0.717) is 31.1 Å². The van der Waals surface area contributed by atoms with Crippen molar-refractivity contribution in [2.45, 2.75) is 32.8 Å². The largest absolute Gasteiger partial charge is 0.497 e. The van der Waals surface area contributed by atoms with Crippen molar-refractivity contribution in [3.63, 3.8) is 0 Å². The lowest BCUT2D eigenvalue weighted by Gasteiger charge is -2.14. The second-order valence-corrected chi connectivity index (χ2v) is 6.25. The van der Waals surface area contributed by atoms with E-state index in [1.165, 1.54) is 5.56 Å². The number of methoxy groups -OCH3 is 1. The highest BCUT2D eigenvalue weighted by molar-refractivity contribution is 5.80. The Morgan fingerprint density at radius 3 is 2.63 bits per heavy atom. The van der Waals surface area contributed by atoms with Crippen LogP contribution in [0.5, 0.6) is 11.5 Å². The number of carboxylic acids is 1. The van der Waals surface area contributed by atoms with Gasteiger partial charge < -0.3 is 19.9 Å². The van der Waals surface area contributed by atoms with Crippen molar-refractivity contribution in [3.8, 4) is 11.5 Å². The van der Waals surface area contributed by atoms with Gasteiger partial charge in [0.05, 0.1) is 13.5 Å². The van der Waals surface area contributed by atoms with Crippen LogP contribution in [0.3, 0.4) is 0 Å². The smallest absolute Gasteiger partial charge is 0.303 e. The molecule has 6 nitrogen and oxygen atoms in total. The molecular weight excluding hydrogens is 346 g/mol. The van der Waals surface area contributed by atoms with Crippen molar-refractivity contribution >= 4 is 11.9 Å². The summed E-state index contributed by atoms with van der Waals surface area (Å²) in [5.41, 5.74) is 3.19. The Bertz CT molecular complexity index is 788. The minimum atomic E-state index is -0.980. The number of nitrogens with one attached hydrogen (secondary N) is 1. The van der Waals surface area contributed by atoms with Crippen molar-refractivity contribution in [2.24, 2.45) is 0 Å². The summed E-state index contributed by atoms with van der Waals surface area (Å²) in [6, 6.07) is 13.7. The van der Waals surface area contributed by atoms with Gasteiger partial charge in [-0.3, -0.25) is 9.59 Å². The molecule has 0 unspecified atom stereocenters. The van der Waals surface area contributed by atoms with Gasteiger partial charge in [0.1, 0.15) is 18.1 Å². The fourth-order valence-electron chi connectivity index (χ4n) is 2.61. The number of amides is 1. The number of hydrogen-bond acceptors (Lipinski definition) is 4. The van der Waals surface area contributed by atoms with E-state index in [4.69, 9.17) is 14.6 Å². The predicted molar refractivity (Wildman–Crippen MR) is 102 cm³/mol. The number of ether oxygens (including phenoxy) is 2. The molecule has 0 fully saturated rings. The first kappa shape index (κ1) is 20.3. The third-order valence-corrected chi connectivity index (χ3v) is 4.03. The number of aliphatic carboxylic acids is 1. The van der Waals surface area contributed by atoms with Gasteiger partial charge in [-0.1, -0.05) is 35.9 Å². The van der Waals surface area contributed by atoms with Crippen LogP contribution in [-0.4, -0.2) is 30.6 Å². The Morgan fingerprint density at radius 1 is 1.11 bits per heavy atom. The maximum Gasteiger partial charge on any atom is 0.303 e. The van der Waals surface area contributed by atoms with E-state index in [9.17, 15) is 9.59 Å². The summed E-state index contributed by atoms with van der Waals surface area (Å²) in [6.07, 6.45) is 0.389. The highest BCUT2D eigenvalue weighted by atomic mass is 16.5. The average molecular weight is 371 g/mol. The Morgan fingerprint density at radius 2 is 1.93 bits per heavy atom. The molecule has 2 N–H and O–H groups in total. The van der Waals surface area contributed by atoms with Crippen LogP contribution >= 0.6 is 0 Å². The van der Waals surface area contributed by atoms with Crippen molar-refractivity contribution in [1.82, 2.24) is 5.32 Å². The number of rotatable bonds is 10. The van der Waals surface area contributed by atoms with Crippen LogP contribution < -0.4 is 14.8 Å². The summed E-state index contributed by atoms with van der Waals surface area (Å²) in [6.45, 7) is 2.88. The number of hydrogen-bond donors (Lipinski definition) is 2. The van der Waals surface area contributed by atoms with Gasteiger partial charge in [-0.2, -0.15) is 0 Å². The van der Waals surface area contributed by atoms with E-state index < -0.39 is 5.97 Å². The lowest BCUT2D eigenvalue weighted by molar-refractivity contribution is -0.138. The van der Waals surface area contributed by atoms with E-state index in [1.54, 1.807) is 7.11 Å².